The van der Waals surface area contributed by atoms with Gasteiger partial charge in [-0.05, 0) is 55.0 Å². The molecule has 3 rings (SSSR count). The number of ether oxygens (including phenoxy) is 2. The molecule has 0 amide bonds. The van der Waals surface area contributed by atoms with E-state index in [0.717, 1.165) is 39.6 Å². The molecule has 25 heavy (non-hydrogen) atoms. The predicted molar refractivity (Wildman–Crippen MR) is 101 cm³/mol. The van der Waals surface area contributed by atoms with Crippen molar-refractivity contribution in [2.45, 2.75) is 13.5 Å². The number of benzene rings is 2. The van der Waals surface area contributed by atoms with Crippen molar-refractivity contribution in [3.63, 3.8) is 0 Å². The zero-order valence-corrected chi connectivity index (χ0v) is 14.7. The normalized spacial score (nSPS) is 10.4. The van der Waals surface area contributed by atoms with E-state index in [1.165, 1.54) is 0 Å². The van der Waals surface area contributed by atoms with Crippen LogP contribution in [-0.4, -0.2) is 19.1 Å². The van der Waals surface area contributed by atoms with Gasteiger partial charge in [-0.15, -0.1) is 0 Å². The summed E-state index contributed by atoms with van der Waals surface area (Å²) < 4.78 is 11.5. The maximum absolute atomic E-state index is 6.06. The van der Waals surface area contributed by atoms with Crippen molar-refractivity contribution in [3.05, 3.63) is 71.9 Å². The number of aromatic nitrogens is 1. The Hall–Kier alpha value is -3.01. The molecule has 4 heteroatoms. The summed E-state index contributed by atoms with van der Waals surface area (Å²) in [5.74, 6) is 1.67. The summed E-state index contributed by atoms with van der Waals surface area (Å²) in [6, 6.07) is 17.9. The third-order valence-corrected chi connectivity index (χ3v) is 4.13. The van der Waals surface area contributed by atoms with E-state index in [-0.39, 0.29) is 0 Å². The van der Waals surface area contributed by atoms with Crippen LogP contribution in [-0.2, 0) is 6.61 Å². The maximum atomic E-state index is 6.06. The largest absolute Gasteiger partial charge is 0.496 e. The van der Waals surface area contributed by atoms with Gasteiger partial charge in [-0.3, -0.25) is 4.98 Å². The second-order valence-corrected chi connectivity index (χ2v) is 5.72. The standard InChI is InChI=1S/C21H22N2O2/c1-15-13-16(18-7-4-5-12-23-18)10-11-20(15)25-14-17-19(22-2)8-6-9-21(17)24-3/h4-13,22H,14H2,1-3H3. The Morgan fingerprint density at radius 1 is 1.00 bits per heavy atom. The van der Waals surface area contributed by atoms with Gasteiger partial charge in [-0.1, -0.05) is 12.1 Å². The number of rotatable bonds is 6. The molecule has 0 saturated heterocycles. The third-order valence-electron chi connectivity index (χ3n) is 4.13. The zero-order chi connectivity index (χ0) is 17.6. The Kier molecular flexibility index (Phi) is 5.19. The van der Waals surface area contributed by atoms with E-state index in [4.69, 9.17) is 9.47 Å². The number of anilines is 1. The third kappa shape index (κ3) is 3.74. The number of nitrogens with one attached hydrogen (secondary N) is 1. The highest BCUT2D eigenvalue weighted by Gasteiger charge is 2.10. The Balaban J connectivity index is 1.81. The number of hydrogen-bond donors (Lipinski definition) is 1. The van der Waals surface area contributed by atoms with Gasteiger partial charge < -0.3 is 14.8 Å². The van der Waals surface area contributed by atoms with Gasteiger partial charge in [0.1, 0.15) is 18.1 Å². The Bertz CT molecular complexity index is 826. The van der Waals surface area contributed by atoms with Crippen LogP contribution >= 0.6 is 0 Å². The minimum atomic E-state index is 0.434. The lowest BCUT2D eigenvalue weighted by atomic mass is 10.1. The van der Waals surface area contributed by atoms with Crippen LogP contribution in [0.2, 0.25) is 0 Å². The summed E-state index contributed by atoms with van der Waals surface area (Å²) in [6.45, 7) is 2.48. The molecule has 3 aromatic rings. The fraction of sp³-hybridized carbons (Fsp3) is 0.190. The quantitative estimate of drug-likeness (QED) is 0.710. The van der Waals surface area contributed by atoms with Gasteiger partial charge in [0.2, 0.25) is 0 Å². The molecule has 0 aliphatic rings. The topological polar surface area (TPSA) is 43.4 Å². The fourth-order valence-electron chi connectivity index (χ4n) is 2.79. The minimum Gasteiger partial charge on any atom is -0.496 e. The SMILES string of the molecule is CNc1cccc(OC)c1COc1ccc(-c2ccccn2)cc1C. The number of hydrogen-bond acceptors (Lipinski definition) is 4. The van der Waals surface area contributed by atoms with Crippen molar-refractivity contribution in [3.8, 4) is 22.8 Å². The van der Waals surface area contributed by atoms with Crippen LogP contribution in [0.15, 0.2) is 60.8 Å². The average molecular weight is 334 g/mol. The smallest absolute Gasteiger partial charge is 0.127 e. The van der Waals surface area contributed by atoms with Crippen LogP contribution < -0.4 is 14.8 Å². The summed E-state index contributed by atoms with van der Waals surface area (Å²) in [5, 5.41) is 3.18. The highest BCUT2D eigenvalue weighted by Crippen LogP contribution is 2.30. The number of methoxy groups -OCH3 is 1. The second-order valence-electron chi connectivity index (χ2n) is 5.72. The number of nitrogens with zero attached hydrogens (tertiary/aromatic N) is 1. The van der Waals surface area contributed by atoms with Crippen molar-refractivity contribution in [2.24, 2.45) is 0 Å². The van der Waals surface area contributed by atoms with Gasteiger partial charge in [0.25, 0.3) is 0 Å². The average Bonchev–Trinajstić information content (AvgIpc) is 2.67. The summed E-state index contributed by atoms with van der Waals surface area (Å²) in [5.41, 5.74) is 5.12. The van der Waals surface area contributed by atoms with E-state index in [2.05, 4.69) is 16.4 Å². The minimum absolute atomic E-state index is 0.434. The lowest BCUT2D eigenvalue weighted by Gasteiger charge is -2.16. The van der Waals surface area contributed by atoms with Crippen LogP contribution in [0, 0.1) is 6.92 Å². The van der Waals surface area contributed by atoms with Gasteiger partial charge in [-0.25, -0.2) is 0 Å². The Morgan fingerprint density at radius 3 is 2.56 bits per heavy atom. The molecule has 1 aromatic heterocycles. The van der Waals surface area contributed by atoms with Crippen molar-refractivity contribution in [2.75, 3.05) is 19.5 Å². The summed E-state index contributed by atoms with van der Waals surface area (Å²) in [7, 11) is 3.57. The Morgan fingerprint density at radius 2 is 1.88 bits per heavy atom. The molecule has 0 aliphatic carbocycles. The molecule has 2 aromatic carbocycles. The first-order chi connectivity index (χ1) is 12.2. The van der Waals surface area contributed by atoms with Crippen molar-refractivity contribution < 1.29 is 9.47 Å². The first-order valence-corrected chi connectivity index (χ1v) is 8.21. The van der Waals surface area contributed by atoms with Crippen LogP contribution in [0.4, 0.5) is 5.69 Å². The number of pyridine rings is 1. The van der Waals surface area contributed by atoms with E-state index in [1.807, 2.05) is 62.5 Å². The van der Waals surface area contributed by atoms with Gasteiger partial charge in [0.15, 0.2) is 0 Å². The van der Waals surface area contributed by atoms with E-state index in [9.17, 15) is 0 Å². The molecular weight excluding hydrogens is 312 g/mol. The van der Waals surface area contributed by atoms with Crippen molar-refractivity contribution in [1.82, 2.24) is 4.98 Å². The molecule has 4 nitrogen and oxygen atoms in total. The lowest BCUT2D eigenvalue weighted by Crippen LogP contribution is -2.04. The molecule has 0 spiro atoms. The highest BCUT2D eigenvalue weighted by molar-refractivity contribution is 5.62. The van der Waals surface area contributed by atoms with E-state index >= 15 is 0 Å². The molecule has 0 unspecified atom stereocenters. The molecular formula is C21H22N2O2. The summed E-state index contributed by atoms with van der Waals surface area (Å²) in [4.78, 5) is 4.39. The molecule has 0 atom stereocenters. The molecule has 0 bridgehead atoms. The predicted octanol–water partition coefficient (Wildman–Crippen LogP) is 4.69. The second kappa shape index (κ2) is 7.71. The fourth-order valence-corrected chi connectivity index (χ4v) is 2.79. The molecule has 1 heterocycles. The summed E-state index contributed by atoms with van der Waals surface area (Å²) in [6.07, 6.45) is 1.80. The van der Waals surface area contributed by atoms with E-state index in [0.29, 0.717) is 6.61 Å². The number of aryl methyl sites for hydroxylation is 1. The molecule has 0 aliphatic heterocycles. The van der Waals surface area contributed by atoms with E-state index < -0.39 is 0 Å². The molecule has 0 saturated carbocycles. The molecule has 0 fully saturated rings. The lowest BCUT2D eigenvalue weighted by molar-refractivity contribution is 0.295. The van der Waals surface area contributed by atoms with Crippen LogP contribution in [0.5, 0.6) is 11.5 Å². The van der Waals surface area contributed by atoms with Crippen LogP contribution in [0.1, 0.15) is 11.1 Å². The van der Waals surface area contributed by atoms with Crippen molar-refractivity contribution in [1.29, 1.82) is 0 Å². The molecule has 128 valence electrons. The van der Waals surface area contributed by atoms with Crippen LogP contribution in [0.3, 0.4) is 0 Å². The highest BCUT2D eigenvalue weighted by atomic mass is 16.5. The monoisotopic (exact) mass is 334 g/mol. The van der Waals surface area contributed by atoms with Gasteiger partial charge in [-0.2, -0.15) is 0 Å². The van der Waals surface area contributed by atoms with Crippen LogP contribution in [0.25, 0.3) is 11.3 Å². The molecule has 0 radical (unpaired) electrons. The van der Waals surface area contributed by atoms with E-state index in [1.54, 1.807) is 13.3 Å². The Labute approximate surface area is 148 Å². The van der Waals surface area contributed by atoms with Gasteiger partial charge in [0, 0.05) is 24.5 Å². The summed E-state index contributed by atoms with van der Waals surface area (Å²) >= 11 is 0. The van der Waals surface area contributed by atoms with Gasteiger partial charge >= 0.3 is 0 Å². The zero-order valence-electron chi connectivity index (χ0n) is 14.7. The maximum Gasteiger partial charge on any atom is 0.127 e. The van der Waals surface area contributed by atoms with Crippen molar-refractivity contribution >= 4 is 5.69 Å². The molecule has 1 N–H and O–H groups in total. The first kappa shape index (κ1) is 16.8. The first-order valence-electron chi connectivity index (χ1n) is 8.21. The van der Waals surface area contributed by atoms with Gasteiger partial charge in [0.05, 0.1) is 18.4 Å².